The van der Waals surface area contributed by atoms with E-state index >= 15 is 0 Å². The fourth-order valence-corrected chi connectivity index (χ4v) is 2.62. The van der Waals surface area contributed by atoms with Crippen LogP contribution in [0.3, 0.4) is 0 Å². The third-order valence-electron chi connectivity index (χ3n) is 3.31. The van der Waals surface area contributed by atoms with Crippen molar-refractivity contribution in [2.45, 2.75) is 6.73 Å². The number of hydrogen-bond donors (Lipinski definition) is 0. The van der Waals surface area contributed by atoms with Gasteiger partial charge in [0.1, 0.15) is 22.3 Å². The zero-order chi connectivity index (χ0) is 13.0. The number of halogens is 2. The molecule has 0 atom stereocenters. The molecule has 1 aliphatic heterocycles. The number of nitrogens with zero attached hydrogens (tertiary/aromatic N) is 2. The number of fused-ring (bicyclic) bond motifs is 5. The van der Waals surface area contributed by atoms with E-state index in [1.807, 2.05) is 18.2 Å². The molecule has 0 radical (unpaired) electrons. The van der Waals surface area contributed by atoms with Crippen molar-refractivity contribution in [2.75, 3.05) is 0 Å². The van der Waals surface area contributed by atoms with Crippen molar-refractivity contribution in [2.24, 2.45) is 0 Å². The van der Waals surface area contributed by atoms with Gasteiger partial charge in [0.25, 0.3) is 0 Å². The quantitative estimate of drug-likeness (QED) is 0.582. The van der Waals surface area contributed by atoms with Gasteiger partial charge in [0.05, 0.1) is 5.52 Å². The molecule has 94 valence electrons. The topological polar surface area (TPSA) is 27.1 Å². The number of para-hydroxylation sites is 1. The van der Waals surface area contributed by atoms with Gasteiger partial charge >= 0.3 is 0 Å². The van der Waals surface area contributed by atoms with Crippen LogP contribution in [0.2, 0.25) is 5.15 Å². The zero-order valence-corrected chi connectivity index (χ0v) is 10.5. The van der Waals surface area contributed by atoms with Crippen LogP contribution < -0.4 is 4.74 Å². The maximum atomic E-state index is 14.6. The van der Waals surface area contributed by atoms with Crippen LogP contribution in [0.25, 0.3) is 22.3 Å². The van der Waals surface area contributed by atoms with E-state index < -0.39 is 0 Å². The Morgan fingerprint density at radius 3 is 2.95 bits per heavy atom. The predicted molar refractivity (Wildman–Crippen MR) is 70.8 cm³/mol. The molecule has 19 heavy (non-hydrogen) atoms. The Labute approximate surface area is 113 Å². The summed E-state index contributed by atoms with van der Waals surface area (Å²) in [5, 5.41) is 0.885. The smallest absolute Gasteiger partial charge is 0.165 e. The highest BCUT2D eigenvalue weighted by molar-refractivity contribution is 6.29. The van der Waals surface area contributed by atoms with Gasteiger partial charge < -0.3 is 9.30 Å². The molecule has 3 nitrogen and oxygen atoms in total. The summed E-state index contributed by atoms with van der Waals surface area (Å²) in [5.74, 6) is 0.272. The second kappa shape index (κ2) is 3.71. The molecule has 0 N–H and O–H groups in total. The first-order valence-electron chi connectivity index (χ1n) is 5.82. The molecule has 3 heterocycles. The SMILES string of the molecule is Fc1c2n(c3ccccc13)COc1ccc(Cl)nc1-2. The summed E-state index contributed by atoms with van der Waals surface area (Å²) < 4.78 is 21.9. The lowest BCUT2D eigenvalue weighted by Crippen LogP contribution is -2.13. The highest BCUT2D eigenvalue weighted by Crippen LogP contribution is 2.39. The Balaban J connectivity index is 2.14. The van der Waals surface area contributed by atoms with Crippen molar-refractivity contribution >= 4 is 22.5 Å². The summed E-state index contributed by atoms with van der Waals surface area (Å²) in [5.41, 5.74) is 1.68. The lowest BCUT2D eigenvalue weighted by Gasteiger charge is -2.20. The molecule has 0 saturated heterocycles. The van der Waals surface area contributed by atoms with E-state index in [0.717, 1.165) is 5.52 Å². The summed E-state index contributed by atoms with van der Waals surface area (Å²) in [6, 6.07) is 10.6. The number of ether oxygens (including phenoxy) is 1. The van der Waals surface area contributed by atoms with Crippen molar-refractivity contribution in [3.8, 4) is 17.1 Å². The first kappa shape index (κ1) is 10.8. The van der Waals surface area contributed by atoms with Gasteiger partial charge in [-0.25, -0.2) is 9.37 Å². The number of pyridine rings is 1. The Hall–Kier alpha value is -2.07. The van der Waals surface area contributed by atoms with Crippen molar-refractivity contribution in [3.05, 3.63) is 47.4 Å². The fourth-order valence-electron chi connectivity index (χ4n) is 2.47. The molecule has 4 rings (SSSR count). The van der Waals surface area contributed by atoms with Crippen LogP contribution in [0.15, 0.2) is 36.4 Å². The van der Waals surface area contributed by atoms with Crippen LogP contribution >= 0.6 is 11.6 Å². The number of rotatable bonds is 0. The van der Waals surface area contributed by atoms with Gasteiger partial charge in [-0.05, 0) is 24.3 Å². The lowest BCUT2D eigenvalue weighted by molar-refractivity contribution is 0.233. The Bertz CT molecular complexity index is 813. The Morgan fingerprint density at radius 2 is 2.05 bits per heavy atom. The third-order valence-corrected chi connectivity index (χ3v) is 3.52. The molecular weight excluding hydrogens is 267 g/mol. The number of hydrogen-bond acceptors (Lipinski definition) is 2. The monoisotopic (exact) mass is 274 g/mol. The van der Waals surface area contributed by atoms with Gasteiger partial charge in [0.2, 0.25) is 0 Å². The third kappa shape index (κ3) is 1.40. The van der Waals surface area contributed by atoms with Gasteiger partial charge in [0, 0.05) is 5.39 Å². The van der Waals surface area contributed by atoms with Crippen LogP contribution in [0, 0.1) is 5.82 Å². The van der Waals surface area contributed by atoms with E-state index in [1.165, 1.54) is 0 Å². The first-order chi connectivity index (χ1) is 9.25. The minimum absolute atomic E-state index is 0.274. The lowest BCUT2D eigenvalue weighted by atomic mass is 10.2. The molecular formula is C14H8ClFN2O. The minimum atomic E-state index is -0.282. The van der Waals surface area contributed by atoms with E-state index in [4.69, 9.17) is 16.3 Å². The maximum Gasteiger partial charge on any atom is 0.165 e. The summed E-state index contributed by atoms with van der Waals surface area (Å²) in [4.78, 5) is 4.19. The minimum Gasteiger partial charge on any atom is -0.470 e. The average Bonchev–Trinajstić information content (AvgIpc) is 2.73. The van der Waals surface area contributed by atoms with Crippen molar-refractivity contribution in [1.82, 2.24) is 9.55 Å². The normalized spacial score (nSPS) is 12.9. The Morgan fingerprint density at radius 1 is 1.21 bits per heavy atom. The molecule has 2 aromatic heterocycles. The predicted octanol–water partition coefficient (Wildman–Crippen LogP) is 3.85. The number of aromatic nitrogens is 2. The van der Waals surface area contributed by atoms with E-state index in [0.29, 0.717) is 27.7 Å². The van der Waals surface area contributed by atoms with Crippen LogP contribution in [-0.2, 0) is 6.73 Å². The van der Waals surface area contributed by atoms with Crippen molar-refractivity contribution in [3.63, 3.8) is 0 Å². The summed E-state index contributed by atoms with van der Waals surface area (Å²) in [6.45, 7) is 0.274. The Kier molecular flexibility index (Phi) is 2.11. The van der Waals surface area contributed by atoms with Crippen molar-refractivity contribution in [1.29, 1.82) is 0 Å². The molecule has 5 heteroatoms. The molecule has 0 aliphatic carbocycles. The second-order valence-electron chi connectivity index (χ2n) is 4.36. The fraction of sp³-hybridized carbons (Fsp3) is 0.0714. The summed E-state index contributed by atoms with van der Waals surface area (Å²) in [6.07, 6.45) is 0. The molecule has 0 bridgehead atoms. The van der Waals surface area contributed by atoms with Gasteiger partial charge in [-0.15, -0.1) is 0 Å². The van der Waals surface area contributed by atoms with Crippen LogP contribution in [0.4, 0.5) is 4.39 Å². The zero-order valence-electron chi connectivity index (χ0n) is 9.73. The molecule has 3 aromatic rings. The molecule has 0 unspecified atom stereocenters. The first-order valence-corrected chi connectivity index (χ1v) is 6.20. The second-order valence-corrected chi connectivity index (χ2v) is 4.75. The van der Waals surface area contributed by atoms with Crippen molar-refractivity contribution < 1.29 is 9.13 Å². The van der Waals surface area contributed by atoms with Gasteiger partial charge in [-0.2, -0.15) is 0 Å². The maximum absolute atomic E-state index is 14.6. The molecule has 0 spiro atoms. The van der Waals surface area contributed by atoms with Gasteiger partial charge in [0.15, 0.2) is 12.5 Å². The standard InChI is InChI=1S/C14H8ClFN2O/c15-11-6-5-10-13(17-11)14-12(16)8-3-1-2-4-9(8)18(14)7-19-10/h1-6H,7H2. The molecule has 1 aromatic carbocycles. The highest BCUT2D eigenvalue weighted by atomic mass is 35.5. The summed E-state index contributed by atoms with van der Waals surface area (Å²) >= 11 is 5.90. The van der Waals surface area contributed by atoms with E-state index in [2.05, 4.69) is 4.98 Å². The molecule has 0 saturated carbocycles. The average molecular weight is 275 g/mol. The van der Waals surface area contributed by atoms with E-state index in [-0.39, 0.29) is 12.5 Å². The van der Waals surface area contributed by atoms with Gasteiger partial charge in [-0.3, -0.25) is 0 Å². The van der Waals surface area contributed by atoms with E-state index in [1.54, 1.807) is 22.8 Å². The largest absolute Gasteiger partial charge is 0.470 e. The molecule has 0 fully saturated rings. The number of benzene rings is 1. The van der Waals surface area contributed by atoms with Crippen LogP contribution in [-0.4, -0.2) is 9.55 Å². The van der Waals surface area contributed by atoms with Gasteiger partial charge in [-0.1, -0.05) is 23.7 Å². The summed E-state index contributed by atoms with van der Waals surface area (Å²) in [7, 11) is 0. The van der Waals surface area contributed by atoms with E-state index in [9.17, 15) is 4.39 Å². The van der Waals surface area contributed by atoms with Crippen LogP contribution in [0.5, 0.6) is 5.75 Å². The van der Waals surface area contributed by atoms with Crippen LogP contribution in [0.1, 0.15) is 0 Å². The highest BCUT2D eigenvalue weighted by Gasteiger charge is 2.26. The molecule has 0 amide bonds. The molecule has 1 aliphatic rings.